The molecule has 0 saturated carbocycles. The summed E-state index contributed by atoms with van der Waals surface area (Å²) in [5, 5.41) is 18.9. The molecule has 1 aliphatic carbocycles. The number of halogens is 3. The second kappa shape index (κ2) is 11.2. The van der Waals surface area contributed by atoms with Gasteiger partial charge in [0.25, 0.3) is 0 Å². The first-order valence-electron chi connectivity index (χ1n) is 14.4. The van der Waals surface area contributed by atoms with Gasteiger partial charge in [0.15, 0.2) is 0 Å². The van der Waals surface area contributed by atoms with Crippen LogP contribution in [0.15, 0.2) is 53.5 Å². The van der Waals surface area contributed by atoms with Crippen molar-refractivity contribution in [3.05, 3.63) is 64.9 Å². The molecule has 5 aliphatic rings. The zero-order valence-electron chi connectivity index (χ0n) is 22.8. The fourth-order valence-electron chi connectivity index (χ4n) is 7.21. The molecule has 1 aromatic rings. The highest BCUT2D eigenvalue weighted by Crippen LogP contribution is 2.46. The molecule has 224 valence electrons. The fraction of sp³-hybridized carbons (Fsp3) is 0.500. The van der Waals surface area contributed by atoms with Crippen LogP contribution < -0.4 is 16.0 Å². The summed E-state index contributed by atoms with van der Waals surface area (Å²) in [6.07, 6.45) is 8.85. The zero-order chi connectivity index (χ0) is 29.6. The van der Waals surface area contributed by atoms with Gasteiger partial charge in [0.05, 0.1) is 29.5 Å². The number of carboxylic acid groups (broad SMARTS) is 1. The molecule has 1 aromatic carbocycles. The molecule has 7 atom stereocenters. The number of likely N-dealkylation sites (tertiary alicyclic amines) is 1. The Balaban J connectivity index is 1.27. The number of carboxylic acids is 1. The lowest BCUT2D eigenvalue weighted by Crippen LogP contribution is -2.61. The van der Waals surface area contributed by atoms with E-state index >= 15 is 4.39 Å². The number of hydrogen-bond acceptors (Lipinski definition) is 6. The fourth-order valence-corrected chi connectivity index (χ4v) is 7.40. The molecular weight excluding hydrogens is 570 g/mol. The lowest BCUT2D eigenvalue weighted by atomic mass is 9.76. The van der Waals surface area contributed by atoms with Gasteiger partial charge in [0.1, 0.15) is 23.3 Å². The molecule has 2 bridgehead atoms. The SMILES string of the molecule is O=C1NC2C=CC(Cl)=C(F)C2[C@@]2(CCN(C(=O)C3CCCCC(C(=O)O)Nc4ccc(F)cc4C4C=CNC3C4)C2)O1. The van der Waals surface area contributed by atoms with Gasteiger partial charge in [-0.3, -0.25) is 4.79 Å². The number of benzene rings is 1. The maximum Gasteiger partial charge on any atom is 0.408 e. The minimum Gasteiger partial charge on any atom is -0.480 e. The van der Waals surface area contributed by atoms with Crippen LogP contribution in [0.3, 0.4) is 0 Å². The van der Waals surface area contributed by atoms with Crippen molar-refractivity contribution in [2.24, 2.45) is 11.8 Å². The van der Waals surface area contributed by atoms with Gasteiger partial charge in [-0.15, -0.1) is 0 Å². The van der Waals surface area contributed by atoms with Crippen molar-refractivity contribution in [1.82, 2.24) is 15.5 Å². The molecule has 2 saturated heterocycles. The maximum atomic E-state index is 15.3. The number of rotatable bonds is 2. The molecular formula is C30H33ClF2N4O5. The van der Waals surface area contributed by atoms with E-state index in [-0.39, 0.29) is 42.4 Å². The number of ether oxygens (including phenoxy) is 1. The number of amides is 2. The third kappa shape index (κ3) is 5.23. The Bertz CT molecular complexity index is 1390. The maximum absolute atomic E-state index is 15.3. The molecule has 2 fully saturated rings. The van der Waals surface area contributed by atoms with Crippen molar-refractivity contribution in [3.63, 3.8) is 0 Å². The summed E-state index contributed by atoms with van der Waals surface area (Å²) in [6, 6.07) is 2.52. The van der Waals surface area contributed by atoms with Crippen LogP contribution in [0.25, 0.3) is 0 Å². The molecule has 4 aliphatic heterocycles. The van der Waals surface area contributed by atoms with E-state index in [1.807, 2.05) is 6.08 Å². The highest BCUT2D eigenvalue weighted by molar-refractivity contribution is 6.31. The number of hydrogen-bond donors (Lipinski definition) is 4. The molecule has 2 amide bonds. The number of carbonyl (C=O) groups excluding carboxylic acids is 2. The average molecular weight is 603 g/mol. The second-order valence-corrected chi connectivity index (χ2v) is 12.2. The third-order valence-electron chi connectivity index (χ3n) is 9.28. The topological polar surface area (TPSA) is 120 Å². The van der Waals surface area contributed by atoms with Gasteiger partial charge in [-0.1, -0.05) is 36.6 Å². The first-order chi connectivity index (χ1) is 20.1. The van der Waals surface area contributed by atoms with Crippen molar-refractivity contribution < 1.29 is 33.0 Å². The molecule has 0 radical (unpaired) electrons. The number of fused-ring (bicyclic) bond motifs is 6. The van der Waals surface area contributed by atoms with E-state index in [0.717, 1.165) is 0 Å². The van der Waals surface area contributed by atoms with E-state index < -0.39 is 53.2 Å². The second-order valence-electron chi connectivity index (χ2n) is 11.8. The van der Waals surface area contributed by atoms with Gasteiger partial charge in [0.2, 0.25) is 5.91 Å². The first kappa shape index (κ1) is 28.5. The van der Waals surface area contributed by atoms with Crippen LogP contribution in [0.2, 0.25) is 0 Å². The smallest absolute Gasteiger partial charge is 0.408 e. The van der Waals surface area contributed by atoms with Crippen molar-refractivity contribution in [3.8, 4) is 0 Å². The van der Waals surface area contributed by atoms with Crippen LogP contribution in [0.1, 0.15) is 50.0 Å². The molecule has 9 nitrogen and oxygen atoms in total. The Morgan fingerprint density at radius 1 is 1.14 bits per heavy atom. The Morgan fingerprint density at radius 2 is 1.95 bits per heavy atom. The summed E-state index contributed by atoms with van der Waals surface area (Å²) in [7, 11) is 0. The molecule has 0 aromatic heterocycles. The Hall–Kier alpha value is -3.60. The van der Waals surface area contributed by atoms with E-state index in [4.69, 9.17) is 16.3 Å². The number of carbonyl (C=O) groups is 3. The Kier molecular flexibility index (Phi) is 7.63. The normalized spacial score (nSPS) is 34.2. The predicted octanol–water partition coefficient (Wildman–Crippen LogP) is 4.53. The highest BCUT2D eigenvalue weighted by atomic mass is 35.5. The van der Waals surface area contributed by atoms with Crippen molar-refractivity contribution in [1.29, 1.82) is 0 Å². The highest BCUT2D eigenvalue weighted by Gasteiger charge is 2.57. The van der Waals surface area contributed by atoms with Crippen molar-refractivity contribution in [2.45, 2.75) is 68.2 Å². The number of anilines is 1. The number of nitrogens with zero attached hydrogens (tertiary/aromatic N) is 1. The van der Waals surface area contributed by atoms with E-state index in [1.54, 1.807) is 23.2 Å². The van der Waals surface area contributed by atoms with Gasteiger partial charge in [-0.2, -0.15) is 0 Å². The van der Waals surface area contributed by atoms with Gasteiger partial charge in [-0.05, 0) is 55.3 Å². The number of alkyl carbamates (subject to hydrolysis) is 1. The first-order valence-corrected chi connectivity index (χ1v) is 14.8. The van der Waals surface area contributed by atoms with Gasteiger partial charge in [0, 0.05) is 30.6 Å². The Morgan fingerprint density at radius 3 is 2.76 bits per heavy atom. The number of aliphatic carboxylic acids is 1. The summed E-state index contributed by atoms with van der Waals surface area (Å²) in [6.45, 7) is 0.318. The van der Waals surface area contributed by atoms with Crippen LogP contribution in [0, 0.1) is 17.7 Å². The molecule has 6 unspecified atom stereocenters. The van der Waals surface area contributed by atoms with E-state index in [9.17, 15) is 23.9 Å². The summed E-state index contributed by atoms with van der Waals surface area (Å²) in [5.74, 6) is -3.73. The van der Waals surface area contributed by atoms with Crippen LogP contribution in [-0.4, -0.2) is 64.8 Å². The summed E-state index contributed by atoms with van der Waals surface area (Å²) < 4.78 is 35.5. The summed E-state index contributed by atoms with van der Waals surface area (Å²) in [4.78, 5) is 40.3. The van der Waals surface area contributed by atoms with Crippen molar-refractivity contribution >= 4 is 35.3 Å². The minimum absolute atomic E-state index is 0.0351. The summed E-state index contributed by atoms with van der Waals surface area (Å²) >= 11 is 6.12. The van der Waals surface area contributed by atoms with Crippen molar-refractivity contribution in [2.75, 3.05) is 18.4 Å². The quantitative estimate of drug-likeness (QED) is 0.393. The van der Waals surface area contributed by atoms with Gasteiger partial charge in [-0.25, -0.2) is 18.4 Å². The lowest BCUT2D eigenvalue weighted by molar-refractivity contribution is -0.139. The average Bonchev–Trinajstić information content (AvgIpc) is 3.37. The molecule has 4 N–H and O–H groups in total. The van der Waals surface area contributed by atoms with Crippen LogP contribution in [-0.2, 0) is 14.3 Å². The molecule has 12 heteroatoms. The van der Waals surface area contributed by atoms with E-state index in [2.05, 4.69) is 16.0 Å². The molecule has 1 spiro atoms. The predicted molar refractivity (Wildman–Crippen MR) is 151 cm³/mol. The van der Waals surface area contributed by atoms with Crippen LogP contribution in [0.5, 0.6) is 0 Å². The zero-order valence-corrected chi connectivity index (χ0v) is 23.6. The van der Waals surface area contributed by atoms with E-state index in [0.29, 0.717) is 43.4 Å². The number of allylic oxidation sites excluding steroid dienone is 3. The largest absolute Gasteiger partial charge is 0.480 e. The summed E-state index contributed by atoms with van der Waals surface area (Å²) in [5.41, 5.74) is -0.0582. The van der Waals surface area contributed by atoms with Crippen LogP contribution in [0.4, 0.5) is 19.3 Å². The molecule has 6 rings (SSSR count). The monoisotopic (exact) mass is 602 g/mol. The minimum atomic E-state index is -1.25. The van der Waals surface area contributed by atoms with Crippen LogP contribution >= 0.6 is 11.6 Å². The van der Waals surface area contributed by atoms with E-state index in [1.165, 1.54) is 18.2 Å². The Labute approximate surface area is 247 Å². The van der Waals surface area contributed by atoms with Gasteiger partial charge < -0.3 is 30.7 Å². The number of nitrogens with one attached hydrogen (secondary N) is 3. The molecule has 4 heterocycles. The third-order valence-corrected chi connectivity index (χ3v) is 9.59. The lowest BCUT2D eigenvalue weighted by Gasteiger charge is -2.45. The van der Waals surface area contributed by atoms with Gasteiger partial charge >= 0.3 is 12.1 Å². The standard InChI is InChI=1S/C30H33ClF2N4O5/c31-20-6-8-22-25(26(20)33)30(42-29(41)36-22)10-12-37(15-30)27(38)18-3-1-2-4-23(28(39)40)35-21-7-5-17(32)14-19(21)16-9-11-34-24(18)13-16/h5-9,11,14,16,18,22-25,34-35H,1-4,10,12-13,15H2,(H,36,41)(H,39,40)/t16?,18?,22?,23?,24?,25?,30-/m0/s1. The molecule has 42 heavy (non-hydrogen) atoms.